The molecule has 0 aliphatic rings. The minimum absolute atomic E-state index is 0.0797. The smallest absolute Gasteiger partial charge is 0.311 e. The van der Waals surface area contributed by atoms with E-state index in [0.717, 1.165) is 0 Å². The topological polar surface area (TPSA) is 76.6 Å². The second kappa shape index (κ2) is 6.85. The van der Waals surface area contributed by atoms with Gasteiger partial charge < -0.3 is 9.64 Å². The molecule has 1 heterocycles. The van der Waals surface area contributed by atoms with Crippen molar-refractivity contribution in [3.05, 3.63) is 11.1 Å². The minimum atomic E-state index is -2.99. The predicted molar refractivity (Wildman–Crippen MR) is 75.4 cm³/mol. The molecule has 0 aliphatic carbocycles. The van der Waals surface area contributed by atoms with E-state index in [1.807, 2.05) is 0 Å². The van der Waals surface area contributed by atoms with Gasteiger partial charge >= 0.3 is 5.97 Å². The van der Waals surface area contributed by atoms with Gasteiger partial charge in [-0.05, 0) is 6.92 Å². The molecule has 0 aromatic carbocycles. The maximum atomic E-state index is 11.3. The molecule has 0 fully saturated rings. The van der Waals surface area contributed by atoms with E-state index in [1.54, 1.807) is 24.3 Å². The van der Waals surface area contributed by atoms with Gasteiger partial charge in [0.05, 0.1) is 24.5 Å². The lowest BCUT2D eigenvalue weighted by Crippen LogP contribution is -2.24. The molecule has 0 bridgehead atoms. The summed E-state index contributed by atoms with van der Waals surface area (Å²) in [5.74, 6) is -0.228. The summed E-state index contributed by atoms with van der Waals surface area (Å²) in [6.45, 7) is 2.48. The van der Waals surface area contributed by atoms with Crippen LogP contribution in [0.4, 0.5) is 5.13 Å². The summed E-state index contributed by atoms with van der Waals surface area (Å²) in [7, 11) is -1.21. The fourth-order valence-corrected chi connectivity index (χ4v) is 2.74. The Labute approximate surface area is 117 Å². The molecule has 0 amide bonds. The van der Waals surface area contributed by atoms with Gasteiger partial charge in [-0.25, -0.2) is 13.4 Å². The molecule has 0 unspecified atom stereocenters. The lowest BCUT2D eigenvalue weighted by molar-refractivity contribution is -0.142. The van der Waals surface area contributed by atoms with Gasteiger partial charge in [0.25, 0.3) is 0 Å². The lowest BCUT2D eigenvalue weighted by atomic mass is 10.3. The molecule has 1 aromatic heterocycles. The van der Waals surface area contributed by atoms with Crippen LogP contribution in [0.15, 0.2) is 5.38 Å². The Hall–Kier alpha value is -1.15. The van der Waals surface area contributed by atoms with Crippen molar-refractivity contribution in [3.8, 4) is 0 Å². The molecular weight excluding hydrogens is 288 g/mol. The van der Waals surface area contributed by atoms with Crippen LogP contribution in [-0.4, -0.2) is 51.6 Å². The third-order valence-corrected chi connectivity index (χ3v) is 4.22. The Balaban J connectivity index is 2.56. The molecule has 0 spiro atoms. The van der Waals surface area contributed by atoms with Crippen molar-refractivity contribution in [1.29, 1.82) is 0 Å². The fraction of sp³-hybridized carbons (Fsp3) is 0.636. The van der Waals surface area contributed by atoms with E-state index in [2.05, 4.69) is 4.98 Å². The number of aromatic nitrogens is 1. The zero-order valence-electron chi connectivity index (χ0n) is 11.2. The normalized spacial score (nSPS) is 11.3. The number of carbonyl (C=O) groups excluding carboxylic acids is 1. The molecule has 0 aliphatic heterocycles. The molecule has 0 saturated heterocycles. The SMILES string of the molecule is CCOC(=O)Cc1csc(N(C)CCS(C)(=O)=O)n1. The number of anilines is 1. The van der Waals surface area contributed by atoms with Crippen molar-refractivity contribution >= 4 is 32.3 Å². The van der Waals surface area contributed by atoms with Crippen molar-refractivity contribution in [1.82, 2.24) is 4.98 Å². The Morgan fingerprint density at radius 3 is 2.79 bits per heavy atom. The van der Waals surface area contributed by atoms with Crippen LogP contribution in [0.25, 0.3) is 0 Å². The molecule has 108 valence electrons. The first kappa shape index (κ1) is 15.9. The van der Waals surface area contributed by atoms with E-state index in [4.69, 9.17) is 4.74 Å². The van der Waals surface area contributed by atoms with Crippen molar-refractivity contribution < 1.29 is 17.9 Å². The molecule has 8 heteroatoms. The van der Waals surface area contributed by atoms with Crippen LogP contribution < -0.4 is 4.90 Å². The minimum Gasteiger partial charge on any atom is -0.466 e. The average molecular weight is 306 g/mol. The van der Waals surface area contributed by atoms with Crippen LogP contribution in [-0.2, 0) is 25.8 Å². The summed E-state index contributed by atoms with van der Waals surface area (Å²) in [5.41, 5.74) is 0.643. The van der Waals surface area contributed by atoms with Gasteiger partial charge in [0, 0.05) is 25.2 Å². The highest BCUT2D eigenvalue weighted by Crippen LogP contribution is 2.19. The molecule has 1 rings (SSSR count). The summed E-state index contributed by atoms with van der Waals surface area (Å²) in [6, 6.07) is 0. The number of thiazole rings is 1. The van der Waals surface area contributed by atoms with Crippen molar-refractivity contribution in [3.63, 3.8) is 0 Å². The van der Waals surface area contributed by atoms with Gasteiger partial charge in [0.15, 0.2) is 5.13 Å². The lowest BCUT2D eigenvalue weighted by Gasteiger charge is -2.14. The Kier molecular flexibility index (Phi) is 5.74. The first-order valence-corrected chi connectivity index (χ1v) is 8.74. The first-order valence-electron chi connectivity index (χ1n) is 5.80. The number of sulfone groups is 1. The average Bonchev–Trinajstić information content (AvgIpc) is 2.73. The van der Waals surface area contributed by atoms with E-state index in [9.17, 15) is 13.2 Å². The van der Waals surface area contributed by atoms with Crippen LogP contribution in [0.1, 0.15) is 12.6 Å². The zero-order chi connectivity index (χ0) is 14.5. The number of rotatable bonds is 7. The number of ether oxygens (including phenoxy) is 1. The van der Waals surface area contributed by atoms with Crippen LogP contribution in [0.3, 0.4) is 0 Å². The van der Waals surface area contributed by atoms with Crippen LogP contribution in [0.5, 0.6) is 0 Å². The Morgan fingerprint density at radius 2 is 2.21 bits per heavy atom. The zero-order valence-corrected chi connectivity index (χ0v) is 12.9. The van der Waals surface area contributed by atoms with Crippen molar-refractivity contribution in [2.75, 3.05) is 37.1 Å². The maximum absolute atomic E-state index is 11.3. The number of esters is 1. The molecule has 0 radical (unpaired) electrons. The van der Waals surface area contributed by atoms with Crippen LogP contribution in [0.2, 0.25) is 0 Å². The first-order chi connectivity index (χ1) is 8.81. The molecular formula is C11H18N2O4S2. The summed E-state index contributed by atoms with van der Waals surface area (Å²) in [5, 5.41) is 2.48. The Morgan fingerprint density at radius 1 is 1.53 bits per heavy atom. The molecule has 1 aromatic rings. The molecule has 6 nitrogen and oxygen atoms in total. The third-order valence-electron chi connectivity index (χ3n) is 2.29. The van der Waals surface area contributed by atoms with Crippen LogP contribution >= 0.6 is 11.3 Å². The molecule has 0 N–H and O–H groups in total. The second-order valence-corrected chi connectivity index (χ2v) is 7.25. The van der Waals surface area contributed by atoms with E-state index in [-0.39, 0.29) is 18.1 Å². The van der Waals surface area contributed by atoms with Crippen molar-refractivity contribution in [2.24, 2.45) is 0 Å². The summed E-state index contributed by atoms with van der Waals surface area (Å²) >= 11 is 1.38. The largest absolute Gasteiger partial charge is 0.466 e. The second-order valence-electron chi connectivity index (χ2n) is 4.15. The fourth-order valence-electron chi connectivity index (χ4n) is 1.31. The number of hydrogen-bond donors (Lipinski definition) is 0. The molecule has 0 saturated carbocycles. The Bertz CT molecular complexity index is 525. The highest BCUT2D eigenvalue weighted by atomic mass is 32.2. The number of nitrogens with zero attached hydrogens (tertiary/aromatic N) is 2. The van der Waals surface area contributed by atoms with Gasteiger partial charge in [0.2, 0.25) is 0 Å². The van der Waals surface area contributed by atoms with E-state index < -0.39 is 9.84 Å². The quantitative estimate of drug-likeness (QED) is 0.691. The monoisotopic (exact) mass is 306 g/mol. The summed E-state index contributed by atoms with van der Waals surface area (Å²) in [4.78, 5) is 17.3. The van der Waals surface area contributed by atoms with Gasteiger partial charge in [-0.1, -0.05) is 0 Å². The number of carbonyl (C=O) groups is 1. The standard InChI is InChI=1S/C11H18N2O4S2/c1-4-17-10(14)7-9-8-18-11(12-9)13(2)5-6-19(3,15)16/h8H,4-7H2,1-3H3. The predicted octanol–water partition coefficient (Wildman–Crippen LogP) is 0.730. The van der Waals surface area contributed by atoms with Gasteiger partial charge in [-0.3, -0.25) is 4.79 Å². The summed E-state index contributed by atoms with van der Waals surface area (Å²) in [6.07, 6.45) is 1.35. The number of hydrogen-bond acceptors (Lipinski definition) is 7. The van der Waals surface area contributed by atoms with E-state index in [0.29, 0.717) is 24.0 Å². The highest BCUT2D eigenvalue weighted by Gasteiger charge is 2.12. The van der Waals surface area contributed by atoms with Gasteiger partial charge in [0.1, 0.15) is 9.84 Å². The van der Waals surface area contributed by atoms with Crippen LogP contribution in [0, 0.1) is 0 Å². The van der Waals surface area contributed by atoms with Crippen molar-refractivity contribution in [2.45, 2.75) is 13.3 Å². The molecule has 19 heavy (non-hydrogen) atoms. The van der Waals surface area contributed by atoms with Gasteiger partial charge in [-0.2, -0.15) is 0 Å². The van der Waals surface area contributed by atoms with E-state index >= 15 is 0 Å². The van der Waals surface area contributed by atoms with Gasteiger partial charge in [-0.15, -0.1) is 11.3 Å². The highest BCUT2D eigenvalue weighted by molar-refractivity contribution is 7.90. The summed E-state index contributed by atoms with van der Waals surface area (Å²) < 4.78 is 27.0. The molecule has 0 atom stereocenters. The third kappa shape index (κ3) is 6.02. The maximum Gasteiger partial charge on any atom is 0.311 e. The van der Waals surface area contributed by atoms with E-state index in [1.165, 1.54) is 17.6 Å².